The molecule has 1 rings (SSSR count). The summed E-state index contributed by atoms with van der Waals surface area (Å²) in [7, 11) is 0. The van der Waals surface area contributed by atoms with Gasteiger partial charge < -0.3 is 11.1 Å². The van der Waals surface area contributed by atoms with Crippen molar-refractivity contribution >= 4 is 5.91 Å². The molecular weight excluding hydrogens is 212 g/mol. The molecule has 2 atom stereocenters. The second kappa shape index (κ2) is 5.38. The van der Waals surface area contributed by atoms with E-state index < -0.39 is 0 Å². The zero-order valence-corrected chi connectivity index (χ0v) is 11.8. The van der Waals surface area contributed by atoms with Crippen LogP contribution in [0.2, 0.25) is 0 Å². The van der Waals surface area contributed by atoms with Crippen LogP contribution < -0.4 is 11.1 Å². The van der Waals surface area contributed by atoms with Gasteiger partial charge in [0.05, 0.1) is 0 Å². The number of carbonyl (C=O) groups is 1. The number of carbonyl (C=O) groups excluding carboxylic acids is 1. The van der Waals surface area contributed by atoms with Crippen LogP contribution in [0.1, 0.15) is 59.8 Å². The Bertz CT molecular complexity index is 275. The van der Waals surface area contributed by atoms with Crippen LogP contribution in [0, 0.1) is 11.3 Å². The largest absolute Gasteiger partial charge is 0.370 e. The minimum absolute atomic E-state index is 0.0665. The number of rotatable bonds is 5. The summed E-state index contributed by atoms with van der Waals surface area (Å²) in [6.45, 7) is 10.0. The van der Waals surface area contributed by atoms with Crippen molar-refractivity contribution in [1.29, 1.82) is 0 Å². The first-order valence-electron chi connectivity index (χ1n) is 6.82. The van der Waals surface area contributed by atoms with E-state index in [9.17, 15) is 4.79 Å². The maximum Gasteiger partial charge on any atom is 0.219 e. The minimum atomic E-state index is -0.182. The van der Waals surface area contributed by atoms with E-state index in [1.165, 1.54) is 6.42 Å². The van der Waals surface area contributed by atoms with Gasteiger partial charge in [0.25, 0.3) is 0 Å². The molecule has 0 aromatic carbocycles. The Morgan fingerprint density at radius 3 is 2.53 bits per heavy atom. The van der Waals surface area contributed by atoms with E-state index in [-0.39, 0.29) is 11.4 Å². The Morgan fingerprint density at radius 2 is 2.06 bits per heavy atom. The molecular formula is C14H28N2O. The van der Waals surface area contributed by atoms with Gasteiger partial charge in [-0.3, -0.25) is 4.79 Å². The van der Waals surface area contributed by atoms with Crippen molar-refractivity contribution in [3.8, 4) is 0 Å². The molecule has 0 saturated heterocycles. The number of nitrogens with two attached hydrogens (primary N) is 1. The van der Waals surface area contributed by atoms with Crippen molar-refractivity contribution in [1.82, 2.24) is 5.32 Å². The molecule has 1 amide bonds. The van der Waals surface area contributed by atoms with Crippen molar-refractivity contribution in [2.45, 2.75) is 65.3 Å². The Balaban J connectivity index is 2.83. The fourth-order valence-corrected chi connectivity index (χ4v) is 3.80. The fourth-order valence-electron chi connectivity index (χ4n) is 3.80. The molecule has 3 N–H and O–H groups in total. The molecule has 0 aromatic rings. The van der Waals surface area contributed by atoms with Crippen molar-refractivity contribution in [2.75, 3.05) is 6.54 Å². The van der Waals surface area contributed by atoms with Crippen molar-refractivity contribution in [2.24, 2.45) is 17.1 Å². The first kappa shape index (κ1) is 14.5. The third kappa shape index (κ3) is 4.30. The fraction of sp³-hybridized carbons (Fsp3) is 0.929. The lowest BCUT2D eigenvalue weighted by molar-refractivity contribution is -0.120. The maximum absolute atomic E-state index is 11.3. The number of amides is 1. The van der Waals surface area contributed by atoms with Crippen molar-refractivity contribution in [3.63, 3.8) is 0 Å². The lowest BCUT2D eigenvalue weighted by Crippen LogP contribution is -2.54. The standard InChI is InChI=1S/C14H28N2O/c1-5-6-16-14(9-12(15)17)8-11(2)7-13(3,4)10-14/h11,16H,5-10H2,1-4H3,(H2,15,17). The highest BCUT2D eigenvalue weighted by molar-refractivity contribution is 5.75. The van der Waals surface area contributed by atoms with Crippen LogP contribution in [-0.2, 0) is 4.79 Å². The Morgan fingerprint density at radius 1 is 1.41 bits per heavy atom. The van der Waals surface area contributed by atoms with Crippen LogP contribution in [0.4, 0.5) is 0 Å². The highest BCUT2D eigenvalue weighted by atomic mass is 16.1. The Labute approximate surface area is 106 Å². The zero-order chi connectivity index (χ0) is 13.1. The topological polar surface area (TPSA) is 55.1 Å². The van der Waals surface area contributed by atoms with Gasteiger partial charge in [0.15, 0.2) is 0 Å². The van der Waals surface area contributed by atoms with Gasteiger partial charge >= 0.3 is 0 Å². The highest BCUT2D eigenvalue weighted by Gasteiger charge is 2.43. The SMILES string of the molecule is CCCNC1(CC(N)=O)CC(C)CC(C)(C)C1. The van der Waals surface area contributed by atoms with E-state index in [1.54, 1.807) is 0 Å². The van der Waals surface area contributed by atoms with Crippen molar-refractivity contribution in [3.05, 3.63) is 0 Å². The summed E-state index contributed by atoms with van der Waals surface area (Å²) in [5.74, 6) is 0.473. The van der Waals surface area contributed by atoms with E-state index in [2.05, 4.69) is 33.0 Å². The molecule has 1 aliphatic rings. The monoisotopic (exact) mass is 240 g/mol. The smallest absolute Gasteiger partial charge is 0.219 e. The summed E-state index contributed by atoms with van der Waals surface area (Å²) < 4.78 is 0. The Hall–Kier alpha value is -0.570. The molecule has 100 valence electrons. The van der Waals surface area contributed by atoms with Gasteiger partial charge in [-0.25, -0.2) is 0 Å². The average Bonchev–Trinajstić information content (AvgIpc) is 2.09. The predicted octanol–water partition coefficient (Wildman–Crippen LogP) is 2.45. The third-order valence-corrected chi connectivity index (χ3v) is 3.72. The van der Waals surface area contributed by atoms with Gasteiger partial charge in [0.1, 0.15) is 0 Å². The first-order valence-corrected chi connectivity index (χ1v) is 6.82. The quantitative estimate of drug-likeness (QED) is 0.775. The van der Waals surface area contributed by atoms with Crippen molar-refractivity contribution < 1.29 is 4.79 Å². The summed E-state index contributed by atoms with van der Waals surface area (Å²) in [5, 5.41) is 3.60. The van der Waals surface area contributed by atoms with Gasteiger partial charge in [-0.2, -0.15) is 0 Å². The summed E-state index contributed by atoms with van der Waals surface area (Å²) in [5.41, 5.74) is 5.67. The highest BCUT2D eigenvalue weighted by Crippen LogP contribution is 2.45. The summed E-state index contributed by atoms with van der Waals surface area (Å²) >= 11 is 0. The number of hydrogen-bond acceptors (Lipinski definition) is 2. The van der Waals surface area contributed by atoms with Gasteiger partial charge in [-0.1, -0.05) is 27.7 Å². The van der Waals surface area contributed by atoms with Gasteiger partial charge in [-0.05, 0) is 43.6 Å². The van der Waals surface area contributed by atoms with Crippen LogP contribution in [0.15, 0.2) is 0 Å². The summed E-state index contributed by atoms with van der Waals surface area (Å²) in [6.07, 6.45) is 4.92. The van der Waals surface area contributed by atoms with E-state index in [4.69, 9.17) is 5.73 Å². The first-order chi connectivity index (χ1) is 7.79. The normalized spacial score (nSPS) is 32.4. The van der Waals surface area contributed by atoms with Gasteiger partial charge in [0.2, 0.25) is 5.91 Å². The molecule has 0 radical (unpaired) electrons. The zero-order valence-electron chi connectivity index (χ0n) is 11.8. The molecule has 1 fully saturated rings. The van der Waals surface area contributed by atoms with Crippen LogP contribution in [0.3, 0.4) is 0 Å². The van der Waals surface area contributed by atoms with Crippen LogP contribution in [-0.4, -0.2) is 18.0 Å². The van der Waals surface area contributed by atoms with Crippen LogP contribution in [0.5, 0.6) is 0 Å². The van der Waals surface area contributed by atoms with Gasteiger partial charge in [-0.15, -0.1) is 0 Å². The van der Waals surface area contributed by atoms with E-state index >= 15 is 0 Å². The lowest BCUT2D eigenvalue weighted by atomic mass is 9.63. The second-order valence-electron chi connectivity index (χ2n) is 6.70. The minimum Gasteiger partial charge on any atom is -0.370 e. The Kier molecular flexibility index (Phi) is 4.59. The number of hydrogen-bond donors (Lipinski definition) is 2. The predicted molar refractivity (Wildman–Crippen MR) is 71.6 cm³/mol. The molecule has 0 aliphatic heterocycles. The summed E-state index contributed by atoms with van der Waals surface area (Å²) in [4.78, 5) is 11.3. The maximum atomic E-state index is 11.3. The molecule has 2 unspecified atom stereocenters. The van der Waals surface area contributed by atoms with E-state index in [0.717, 1.165) is 25.8 Å². The molecule has 0 aromatic heterocycles. The molecule has 17 heavy (non-hydrogen) atoms. The molecule has 0 spiro atoms. The van der Waals surface area contributed by atoms with E-state index in [1.807, 2.05) is 0 Å². The number of nitrogens with one attached hydrogen (secondary N) is 1. The van der Waals surface area contributed by atoms with Gasteiger partial charge in [0, 0.05) is 12.0 Å². The molecule has 3 nitrogen and oxygen atoms in total. The van der Waals surface area contributed by atoms with Crippen LogP contribution >= 0.6 is 0 Å². The third-order valence-electron chi connectivity index (χ3n) is 3.72. The molecule has 0 bridgehead atoms. The molecule has 3 heteroatoms. The molecule has 1 aliphatic carbocycles. The molecule has 0 heterocycles. The average molecular weight is 240 g/mol. The number of primary amides is 1. The summed E-state index contributed by atoms with van der Waals surface area (Å²) in [6, 6.07) is 0. The van der Waals surface area contributed by atoms with E-state index in [0.29, 0.717) is 17.8 Å². The molecule has 1 saturated carbocycles. The van der Waals surface area contributed by atoms with Crippen LogP contribution in [0.25, 0.3) is 0 Å². The lowest BCUT2D eigenvalue weighted by Gasteiger charge is -2.48. The second-order valence-corrected chi connectivity index (χ2v) is 6.70.